The van der Waals surface area contributed by atoms with Crippen LogP contribution in [0.15, 0.2) is 22.0 Å². The molecule has 0 saturated heterocycles. The summed E-state index contributed by atoms with van der Waals surface area (Å²) in [4.78, 5) is 27.1. The van der Waals surface area contributed by atoms with Gasteiger partial charge in [-0.2, -0.15) is 4.98 Å². The molecule has 2 aromatic rings. The molecule has 2 amide bonds. The number of rotatable bonds is 5. The fraction of sp³-hybridized carbons (Fsp3) is 0.333. The maximum Gasteiger partial charge on any atom is 0.238 e. The van der Waals surface area contributed by atoms with Gasteiger partial charge in [-0.15, -0.1) is 11.3 Å². The summed E-state index contributed by atoms with van der Waals surface area (Å²) in [6, 6.07) is 3.84. The minimum atomic E-state index is -0.309. The van der Waals surface area contributed by atoms with E-state index in [1.165, 1.54) is 18.3 Å². The van der Waals surface area contributed by atoms with E-state index in [2.05, 4.69) is 21.0 Å². The Labute approximate surface area is 119 Å². The molecule has 0 spiro atoms. The number of thiophene rings is 1. The van der Waals surface area contributed by atoms with Crippen molar-refractivity contribution in [1.82, 2.24) is 21.0 Å². The van der Waals surface area contributed by atoms with Gasteiger partial charge in [0.25, 0.3) is 0 Å². The highest BCUT2D eigenvalue weighted by atomic mass is 32.1. The summed E-state index contributed by atoms with van der Waals surface area (Å²) in [6.45, 7) is 1.32. The lowest BCUT2D eigenvalue weighted by molar-refractivity contribution is -0.127. The molecular weight excluding hydrogens is 280 g/mol. The molecule has 8 heteroatoms. The van der Waals surface area contributed by atoms with Crippen LogP contribution in [0.5, 0.6) is 0 Å². The van der Waals surface area contributed by atoms with Gasteiger partial charge < -0.3 is 4.52 Å². The Bertz CT molecular complexity index is 579. The molecule has 20 heavy (non-hydrogen) atoms. The Kier molecular flexibility index (Phi) is 4.83. The van der Waals surface area contributed by atoms with Gasteiger partial charge in [0, 0.05) is 19.8 Å². The van der Waals surface area contributed by atoms with E-state index in [4.69, 9.17) is 4.52 Å². The van der Waals surface area contributed by atoms with Gasteiger partial charge in [0.2, 0.25) is 23.5 Å². The highest BCUT2D eigenvalue weighted by Crippen LogP contribution is 2.21. The number of carbonyl (C=O) groups is 2. The van der Waals surface area contributed by atoms with Crippen molar-refractivity contribution in [2.45, 2.75) is 26.2 Å². The summed E-state index contributed by atoms with van der Waals surface area (Å²) in [5.41, 5.74) is 4.52. The molecule has 0 aliphatic rings. The average Bonchev–Trinajstić information content (AvgIpc) is 3.06. The van der Waals surface area contributed by atoms with Crippen LogP contribution in [0.3, 0.4) is 0 Å². The number of carbonyl (C=O) groups excluding carboxylic acids is 2. The first kappa shape index (κ1) is 14.2. The summed E-state index contributed by atoms with van der Waals surface area (Å²) >= 11 is 1.54. The number of hydrogen-bond acceptors (Lipinski definition) is 6. The van der Waals surface area contributed by atoms with Crippen LogP contribution in [0.1, 0.15) is 25.7 Å². The van der Waals surface area contributed by atoms with E-state index in [1.807, 2.05) is 17.5 Å². The number of nitrogens with one attached hydrogen (secondary N) is 2. The van der Waals surface area contributed by atoms with Crippen molar-refractivity contribution >= 4 is 23.2 Å². The zero-order chi connectivity index (χ0) is 14.4. The first-order chi connectivity index (χ1) is 9.65. The molecule has 0 radical (unpaired) electrons. The highest BCUT2D eigenvalue weighted by Gasteiger charge is 2.10. The third-order valence-electron chi connectivity index (χ3n) is 2.38. The first-order valence-electron chi connectivity index (χ1n) is 6.07. The smallest absolute Gasteiger partial charge is 0.238 e. The number of hydrazine groups is 1. The maximum absolute atomic E-state index is 11.3. The van der Waals surface area contributed by atoms with E-state index in [0.29, 0.717) is 24.6 Å². The van der Waals surface area contributed by atoms with Gasteiger partial charge in [-0.1, -0.05) is 11.2 Å². The van der Waals surface area contributed by atoms with Crippen LogP contribution >= 0.6 is 11.3 Å². The van der Waals surface area contributed by atoms with Crippen LogP contribution in [0.25, 0.3) is 10.7 Å². The second-order valence-corrected chi connectivity index (χ2v) is 5.02. The van der Waals surface area contributed by atoms with E-state index in [0.717, 1.165) is 4.88 Å². The number of amides is 2. The molecule has 0 atom stereocenters. The summed E-state index contributed by atoms with van der Waals surface area (Å²) in [7, 11) is 0. The monoisotopic (exact) mass is 294 g/mol. The third-order valence-corrected chi connectivity index (χ3v) is 3.25. The highest BCUT2D eigenvalue weighted by molar-refractivity contribution is 7.13. The van der Waals surface area contributed by atoms with Crippen molar-refractivity contribution < 1.29 is 14.1 Å². The Hall–Kier alpha value is -2.22. The maximum atomic E-state index is 11.3. The molecule has 0 fully saturated rings. The van der Waals surface area contributed by atoms with Crippen LogP contribution in [-0.4, -0.2) is 22.0 Å². The second-order valence-electron chi connectivity index (χ2n) is 4.07. The molecule has 2 heterocycles. The van der Waals surface area contributed by atoms with Crippen LogP contribution in [0.2, 0.25) is 0 Å². The van der Waals surface area contributed by atoms with Crippen LogP contribution in [-0.2, 0) is 16.0 Å². The van der Waals surface area contributed by atoms with E-state index >= 15 is 0 Å². The summed E-state index contributed by atoms with van der Waals surface area (Å²) in [5, 5.41) is 5.82. The quantitative estimate of drug-likeness (QED) is 0.810. The SMILES string of the molecule is CC(=O)NNC(=O)CCCc1nc(-c2cccs2)no1. The fourth-order valence-electron chi connectivity index (χ4n) is 1.48. The Morgan fingerprint density at radius 2 is 2.25 bits per heavy atom. The first-order valence-corrected chi connectivity index (χ1v) is 6.95. The standard InChI is InChI=1S/C12H14N4O3S/c1-8(17)14-15-10(18)5-2-6-11-13-12(16-19-11)9-4-3-7-20-9/h3-4,7H,2,5-6H2,1H3,(H,14,17)(H,15,18). The molecule has 0 unspecified atom stereocenters. The third kappa shape index (κ3) is 4.16. The Morgan fingerprint density at radius 3 is 2.95 bits per heavy atom. The van der Waals surface area contributed by atoms with Gasteiger partial charge in [-0.05, 0) is 17.9 Å². The normalized spacial score (nSPS) is 10.2. The topological polar surface area (TPSA) is 97.1 Å². The predicted molar refractivity (Wildman–Crippen MR) is 72.5 cm³/mol. The number of aryl methyl sites for hydroxylation is 1. The molecule has 0 bridgehead atoms. The van der Waals surface area contributed by atoms with Crippen molar-refractivity contribution in [3.8, 4) is 10.7 Å². The van der Waals surface area contributed by atoms with Crippen molar-refractivity contribution in [3.63, 3.8) is 0 Å². The molecule has 2 aromatic heterocycles. The molecular formula is C12H14N4O3S. The summed E-state index contributed by atoms with van der Waals surface area (Å²) in [6.07, 6.45) is 1.36. The van der Waals surface area contributed by atoms with Gasteiger partial charge in [0.1, 0.15) is 0 Å². The predicted octanol–water partition coefficient (Wildman–Crippen LogP) is 1.29. The lowest BCUT2D eigenvalue weighted by atomic mass is 10.2. The molecule has 2 rings (SSSR count). The zero-order valence-electron chi connectivity index (χ0n) is 10.9. The summed E-state index contributed by atoms with van der Waals surface area (Å²) < 4.78 is 5.11. The second kappa shape index (κ2) is 6.80. The lowest BCUT2D eigenvalue weighted by Gasteiger charge is -2.03. The Morgan fingerprint density at radius 1 is 1.40 bits per heavy atom. The van der Waals surface area contributed by atoms with Gasteiger partial charge in [0.05, 0.1) is 4.88 Å². The molecule has 0 saturated carbocycles. The molecule has 0 aliphatic heterocycles. The molecule has 7 nitrogen and oxygen atoms in total. The average molecular weight is 294 g/mol. The van der Waals surface area contributed by atoms with Crippen molar-refractivity contribution in [3.05, 3.63) is 23.4 Å². The van der Waals surface area contributed by atoms with E-state index in [1.54, 1.807) is 0 Å². The fourth-order valence-corrected chi connectivity index (χ4v) is 2.13. The van der Waals surface area contributed by atoms with Crippen molar-refractivity contribution in [2.24, 2.45) is 0 Å². The van der Waals surface area contributed by atoms with E-state index in [-0.39, 0.29) is 18.2 Å². The summed E-state index contributed by atoms with van der Waals surface area (Å²) in [5.74, 6) is 0.507. The van der Waals surface area contributed by atoms with Crippen molar-refractivity contribution in [2.75, 3.05) is 0 Å². The van der Waals surface area contributed by atoms with E-state index < -0.39 is 0 Å². The number of hydrogen-bond donors (Lipinski definition) is 2. The van der Waals surface area contributed by atoms with Crippen LogP contribution < -0.4 is 10.9 Å². The zero-order valence-corrected chi connectivity index (χ0v) is 11.7. The number of nitrogens with zero attached hydrogens (tertiary/aromatic N) is 2. The minimum Gasteiger partial charge on any atom is -0.339 e. The lowest BCUT2D eigenvalue weighted by Crippen LogP contribution is -2.40. The largest absolute Gasteiger partial charge is 0.339 e. The molecule has 106 valence electrons. The number of aromatic nitrogens is 2. The van der Waals surface area contributed by atoms with Gasteiger partial charge >= 0.3 is 0 Å². The molecule has 0 aromatic carbocycles. The molecule has 0 aliphatic carbocycles. The van der Waals surface area contributed by atoms with E-state index in [9.17, 15) is 9.59 Å². The van der Waals surface area contributed by atoms with Crippen LogP contribution in [0.4, 0.5) is 0 Å². The Balaban J connectivity index is 1.75. The van der Waals surface area contributed by atoms with Gasteiger partial charge in [0.15, 0.2) is 0 Å². The van der Waals surface area contributed by atoms with Crippen molar-refractivity contribution in [1.29, 1.82) is 0 Å². The van der Waals surface area contributed by atoms with Gasteiger partial charge in [-0.25, -0.2) is 0 Å². The van der Waals surface area contributed by atoms with Gasteiger partial charge in [-0.3, -0.25) is 20.4 Å². The van der Waals surface area contributed by atoms with Crippen LogP contribution in [0, 0.1) is 0 Å². The molecule has 2 N–H and O–H groups in total. The minimum absolute atomic E-state index is 0.252.